The average molecular weight is 492 g/mol. The molecular formula is C29H37N3O4. The molecule has 1 aromatic carbocycles. The largest absolute Gasteiger partial charge is 0.497 e. The Bertz CT molecular complexity index is 1040. The van der Waals surface area contributed by atoms with E-state index in [1.165, 1.54) is 0 Å². The summed E-state index contributed by atoms with van der Waals surface area (Å²) in [5, 5.41) is 0. The molecule has 1 aliphatic carbocycles. The molecule has 2 heterocycles. The van der Waals surface area contributed by atoms with Crippen molar-refractivity contribution in [3.8, 4) is 0 Å². The highest BCUT2D eigenvalue weighted by Gasteiger charge is 2.32. The molecular weight excluding hydrogens is 454 g/mol. The number of benzene rings is 1. The first-order valence-electron chi connectivity index (χ1n) is 13.1. The van der Waals surface area contributed by atoms with Crippen molar-refractivity contribution in [3.05, 3.63) is 71.5 Å². The van der Waals surface area contributed by atoms with E-state index in [0.29, 0.717) is 39.2 Å². The fourth-order valence-electron chi connectivity index (χ4n) is 4.72. The first kappa shape index (κ1) is 25.7. The van der Waals surface area contributed by atoms with Gasteiger partial charge in [-0.25, -0.2) is 4.79 Å². The van der Waals surface area contributed by atoms with Gasteiger partial charge in [-0.05, 0) is 25.3 Å². The number of dihydropyridines is 1. The van der Waals surface area contributed by atoms with Crippen LogP contribution in [0, 0.1) is 5.92 Å². The molecule has 0 bridgehead atoms. The molecule has 2 atom stereocenters. The predicted octanol–water partition coefficient (Wildman–Crippen LogP) is 4.56. The molecule has 2 unspecified atom stereocenters. The van der Waals surface area contributed by atoms with Gasteiger partial charge in [0.1, 0.15) is 12.4 Å². The fourth-order valence-corrected chi connectivity index (χ4v) is 4.72. The van der Waals surface area contributed by atoms with E-state index in [9.17, 15) is 9.59 Å². The third-order valence-corrected chi connectivity index (χ3v) is 6.96. The molecule has 7 heteroatoms. The molecule has 1 aromatic rings. The quantitative estimate of drug-likeness (QED) is 0.475. The molecule has 0 aromatic heterocycles. The van der Waals surface area contributed by atoms with Crippen LogP contribution < -0.4 is 0 Å². The maximum Gasteiger partial charge on any atom is 0.410 e. The number of nitrogens with zero attached hydrogens (tertiary/aromatic N) is 3. The van der Waals surface area contributed by atoms with Gasteiger partial charge in [0.2, 0.25) is 5.91 Å². The Morgan fingerprint density at radius 2 is 1.75 bits per heavy atom. The van der Waals surface area contributed by atoms with Crippen LogP contribution in [0.5, 0.6) is 0 Å². The second-order valence-corrected chi connectivity index (χ2v) is 9.46. The Morgan fingerprint density at radius 3 is 2.50 bits per heavy atom. The molecule has 36 heavy (non-hydrogen) atoms. The zero-order chi connectivity index (χ0) is 25.3. The van der Waals surface area contributed by atoms with Crippen LogP contribution in [-0.2, 0) is 20.7 Å². The number of aryl methyl sites for hydroxylation is 1. The zero-order valence-corrected chi connectivity index (χ0v) is 21.4. The summed E-state index contributed by atoms with van der Waals surface area (Å²) in [5.41, 5.74) is 2.87. The Hall–Kier alpha value is -3.35. The highest BCUT2D eigenvalue weighted by atomic mass is 16.6. The molecule has 0 radical (unpaired) electrons. The Labute approximate surface area is 214 Å². The summed E-state index contributed by atoms with van der Waals surface area (Å²) in [6.07, 6.45) is 11.1. The van der Waals surface area contributed by atoms with Crippen molar-refractivity contribution in [2.75, 3.05) is 39.4 Å². The third kappa shape index (κ3) is 6.45. The number of carbonyl (C=O) groups excluding carboxylic acids is 2. The second-order valence-electron chi connectivity index (χ2n) is 9.46. The lowest BCUT2D eigenvalue weighted by atomic mass is 9.87. The summed E-state index contributed by atoms with van der Waals surface area (Å²) in [4.78, 5) is 33.8. The lowest BCUT2D eigenvalue weighted by Crippen LogP contribution is -2.51. The standard InChI is InChI=1S/C29H37N3O4/c1-3-4-20-35-28-22(2)26(30-25-13-9-8-12-24(25)28)21-36-29(34)32-18-16-31(17-19-32)27(33)15-14-23-10-6-5-7-11-23/h5-13,24-25H,3-4,14-21H2,1-2H3. The number of rotatable bonds is 9. The molecule has 192 valence electrons. The lowest BCUT2D eigenvalue weighted by Gasteiger charge is -2.34. The average Bonchev–Trinajstić information content (AvgIpc) is 2.92. The van der Waals surface area contributed by atoms with Crippen molar-refractivity contribution in [1.29, 1.82) is 0 Å². The van der Waals surface area contributed by atoms with Crippen molar-refractivity contribution < 1.29 is 19.1 Å². The van der Waals surface area contributed by atoms with Crippen molar-refractivity contribution >= 4 is 17.7 Å². The molecule has 0 N–H and O–H groups in total. The SMILES string of the molecule is CCCCOC1=C(C)C(COC(=O)N2CCN(C(=O)CCc3ccccc3)CC2)=NC2C=CC=CC12. The third-order valence-electron chi connectivity index (χ3n) is 6.96. The Balaban J connectivity index is 1.27. The van der Waals surface area contributed by atoms with Crippen LogP contribution in [0.15, 0.2) is 71.0 Å². The number of amides is 2. The number of hydrogen-bond donors (Lipinski definition) is 0. The smallest absolute Gasteiger partial charge is 0.410 e. The van der Waals surface area contributed by atoms with Crippen molar-refractivity contribution in [1.82, 2.24) is 9.80 Å². The van der Waals surface area contributed by atoms with Crippen LogP contribution >= 0.6 is 0 Å². The molecule has 2 amide bonds. The van der Waals surface area contributed by atoms with E-state index in [4.69, 9.17) is 14.5 Å². The lowest BCUT2D eigenvalue weighted by molar-refractivity contribution is -0.132. The summed E-state index contributed by atoms with van der Waals surface area (Å²) < 4.78 is 11.8. The fraction of sp³-hybridized carbons (Fsp3) is 0.483. The van der Waals surface area contributed by atoms with Crippen LogP contribution in [0.2, 0.25) is 0 Å². The predicted molar refractivity (Wildman–Crippen MR) is 141 cm³/mol. The summed E-state index contributed by atoms with van der Waals surface area (Å²) in [6.45, 7) is 6.92. The molecule has 0 spiro atoms. The van der Waals surface area contributed by atoms with E-state index in [2.05, 4.69) is 19.1 Å². The van der Waals surface area contributed by atoms with Gasteiger partial charge >= 0.3 is 6.09 Å². The van der Waals surface area contributed by atoms with Crippen LogP contribution in [0.3, 0.4) is 0 Å². The van der Waals surface area contributed by atoms with Gasteiger partial charge in [-0.15, -0.1) is 0 Å². The molecule has 1 saturated heterocycles. The topological polar surface area (TPSA) is 71.4 Å². The minimum Gasteiger partial charge on any atom is -0.497 e. The summed E-state index contributed by atoms with van der Waals surface area (Å²) in [5.74, 6) is 1.15. The Morgan fingerprint density at radius 1 is 1.03 bits per heavy atom. The van der Waals surface area contributed by atoms with Crippen molar-refractivity contribution in [2.24, 2.45) is 10.9 Å². The summed E-state index contributed by atoms with van der Waals surface area (Å²) in [7, 11) is 0. The number of unbranched alkanes of at least 4 members (excludes halogenated alkanes) is 1. The van der Waals surface area contributed by atoms with Crippen molar-refractivity contribution in [3.63, 3.8) is 0 Å². The maximum atomic E-state index is 12.8. The Kier molecular flexibility index (Phi) is 8.98. The van der Waals surface area contributed by atoms with Gasteiger partial charge in [0.25, 0.3) is 0 Å². The first-order valence-corrected chi connectivity index (χ1v) is 13.1. The molecule has 1 fully saturated rings. The normalized spacial score (nSPS) is 21.2. The van der Waals surface area contributed by atoms with E-state index in [0.717, 1.165) is 41.9 Å². The monoisotopic (exact) mass is 491 g/mol. The van der Waals surface area contributed by atoms with Gasteiger partial charge in [-0.3, -0.25) is 9.79 Å². The number of ether oxygens (including phenoxy) is 2. The van der Waals surface area contributed by atoms with E-state index < -0.39 is 0 Å². The first-order chi connectivity index (χ1) is 17.6. The van der Waals surface area contributed by atoms with Gasteiger partial charge in [-0.2, -0.15) is 0 Å². The van der Waals surface area contributed by atoms with Crippen LogP contribution in [-0.4, -0.2) is 72.9 Å². The minimum absolute atomic E-state index is 0.0329. The van der Waals surface area contributed by atoms with Crippen LogP contribution in [0.4, 0.5) is 4.79 Å². The van der Waals surface area contributed by atoms with Crippen LogP contribution in [0.25, 0.3) is 0 Å². The molecule has 2 aliphatic heterocycles. The number of allylic oxidation sites excluding steroid dienone is 2. The van der Waals surface area contributed by atoms with E-state index in [-0.39, 0.29) is 30.6 Å². The summed E-state index contributed by atoms with van der Waals surface area (Å²) >= 11 is 0. The van der Waals surface area contributed by atoms with Crippen LogP contribution in [0.1, 0.15) is 38.7 Å². The molecule has 7 nitrogen and oxygen atoms in total. The van der Waals surface area contributed by atoms with Gasteiger partial charge in [0.15, 0.2) is 0 Å². The van der Waals surface area contributed by atoms with Gasteiger partial charge < -0.3 is 19.3 Å². The highest BCUT2D eigenvalue weighted by Crippen LogP contribution is 2.32. The number of aliphatic imine (C=N–C) groups is 1. The van der Waals surface area contributed by atoms with Gasteiger partial charge in [-0.1, -0.05) is 68.0 Å². The minimum atomic E-state index is -0.364. The maximum absolute atomic E-state index is 12.8. The van der Waals surface area contributed by atoms with Gasteiger partial charge in [0, 0.05) is 38.2 Å². The highest BCUT2D eigenvalue weighted by molar-refractivity contribution is 6.02. The van der Waals surface area contributed by atoms with E-state index >= 15 is 0 Å². The van der Waals surface area contributed by atoms with E-state index in [1.54, 1.807) is 4.90 Å². The van der Waals surface area contributed by atoms with Gasteiger partial charge in [0.05, 0.1) is 24.3 Å². The number of carbonyl (C=O) groups is 2. The molecule has 3 aliphatic rings. The van der Waals surface area contributed by atoms with E-state index in [1.807, 2.05) is 54.3 Å². The molecule has 0 saturated carbocycles. The second kappa shape index (κ2) is 12.6. The number of hydrogen-bond acceptors (Lipinski definition) is 5. The number of fused-ring (bicyclic) bond motifs is 1. The van der Waals surface area contributed by atoms with Crippen molar-refractivity contribution in [2.45, 2.75) is 45.6 Å². The zero-order valence-electron chi connectivity index (χ0n) is 21.4. The number of piperazine rings is 1. The summed E-state index contributed by atoms with van der Waals surface area (Å²) in [6, 6.07) is 10.00. The molecule has 4 rings (SSSR count).